The molecule has 0 radical (unpaired) electrons. The average molecular weight is 360 g/mol. The third-order valence-corrected chi connectivity index (χ3v) is 5.08. The maximum atomic E-state index is 12.8. The van der Waals surface area contributed by atoms with Crippen LogP contribution in [0.2, 0.25) is 0 Å². The van der Waals surface area contributed by atoms with Gasteiger partial charge in [0.05, 0.1) is 0 Å². The zero-order valence-corrected chi connectivity index (χ0v) is 15.4. The van der Waals surface area contributed by atoms with Gasteiger partial charge in [-0.15, -0.1) is 0 Å². The number of hydrogen-bond acceptors (Lipinski definition) is 3. The van der Waals surface area contributed by atoms with Crippen LogP contribution in [0.3, 0.4) is 0 Å². The van der Waals surface area contributed by atoms with Gasteiger partial charge in [-0.1, -0.05) is 48.5 Å². The molecule has 0 saturated carbocycles. The Morgan fingerprint density at radius 1 is 0.815 bits per heavy atom. The minimum absolute atomic E-state index is 0.126. The Balaban J connectivity index is 1.28. The van der Waals surface area contributed by atoms with Crippen LogP contribution >= 0.6 is 0 Å². The van der Waals surface area contributed by atoms with Gasteiger partial charge in [0.1, 0.15) is 12.4 Å². The lowest BCUT2D eigenvalue weighted by Gasteiger charge is -2.34. The smallest absolute Gasteiger partial charge is 0.253 e. The number of para-hydroxylation sites is 1. The second-order valence-electron chi connectivity index (χ2n) is 6.86. The van der Waals surface area contributed by atoms with Gasteiger partial charge in [0.2, 0.25) is 0 Å². The third kappa shape index (κ3) is 4.29. The monoisotopic (exact) mass is 360 g/mol. The Labute approximate surface area is 160 Å². The minimum Gasteiger partial charge on any atom is -0.492 e. The Bertz CT molecular complexity index is 902. The summed E-state index contributed by atoms with van der Waals surface area (Å²) in [5.74, 6) is 1.03. The molecule has 0 atom stereocenters. The van der Waals surface area contributed by atoms with Gasteiger partial charge in [0.15, 0.2) is 0 Å². The lowest BCUT2D eigenvalue weighted by atomic mass is 10.1. The number of carbonyl (C=O) groups excluding carboxylic acids is 1. The highest BCUT2D eigenvalue weighted by atomic mass is 16.5. The molecule has 0 aromatic heterocycles. The van der Waals surface area contributed by atoms with Crippen LogP contribution in [-0.2, 0) is 0 Å². The van der Waals surface area contributed by atoms with Crippen LogP contribution in [0.25, 0.3) is 10.8 Å². The molecule has 3 aromatic carbocycles. The van der Waals surface area contributed by atoms with Gasteiger partial charge >= 0.3 is 0 Å². The van der Waals surface area contributed by atoms with E-state index in [0.29, 0.717) is 6.61 Å². The number of hydrogen-bond donors (Lipinski definition) is 0. The summed E-state index contributed by atoms with van der Waals surface area (Å²) in [5, 5.41) is 2.28. The quantitative estimate of drug-likeness (QED) is 0.696. The van der Waals surface area contributed by atoms with Gasteiger partial charge in [0, 0.05) is 38.3 Å². The van der Waals surface area contributed by atoms with E-state index < -0.39 is 0 Å². The van der Waals surface area contributed by atoms with Crippen LogP contribution in [0.1, 0.15) is 10.4 Å². The molecule has 1 heterocycles. The lowest BCUT2D eigenvalue weighted by Crippen LogP contribution is -2.49. The standard InChI is InChI=1S/C23H24N2O2/c26-23(21-11-10-19-6-4-5-7-20(19)18-21)25-14-12-24(13-15-25)16-17-27-22-8-2-1-3-9-22/h1-11,18H,12-17H2. The molecule has 4 nitrogen and oxygen atoms in total. The molecule has 27 heavy (non-hydrogen) atoms. The largest absolute Gasteiger partial charge is 0.492 e. The fourth-order valence-electron chi connectivity index (χ4n) is 3.49. The first-order valence-electron chi connectivity index (χ1n) is 9.48. The van der Waals surface area contributed by atoms with Crippen molar-refractivity contribution in [1.82, 2.24) is 9.80 Å². The van der Waals surface area contributed by atoms with Crippen LogP contribution in [0.15, 0.2) is 72.8 Å². The number of benzene rings is 3. The van der Waals surface area contributed by atoms with E-state index >= 15 is 0 Å². The van der Waals surface area contributed by atoms with E-state index in [1.165, 1.54) is 0 Å². The van der Waals surface area contributed by atoms with Crippen LogP contribution < -0.4 is 4.74 Å². The molecule has 1 aliphatic heterocycles. The Morgan fingerprint density at radius 3 is 2.30 bits per heavy atom. The first-order chi connectivity index (χ1) is 13.3. The summed E-state index contributed by atoms with van der Waals surface area (Å²) in [4.78, 5) is 17.1. The minimum atomic E-state index is 0.126. The van der Waals surface area contributed by atoms with Gasteiger partial charge in [0.25, 0.3) is 5.91 Å². The number of fused-ring (bicyclic) bond motifs is 1. The molecule has 1 amide bonds. The molecule has 1 saturated heterocycles. The van der Waals surface area contributed by atoms with Crippen LogP contribution in [-0.4, -0.2) is 55.0 Å². The Hall–Kier alpha value is -2.85. The highest BCUT2D eigenvalue weighted by molar-refractivity contribution is 5.98. The Kier molecular flexibility index (Phi) is 5.35. The Morgan fingerprint density at radius 2 is 1.52 bits per heavy atom. The highest BCUT2D eigenvalue weighted by Crippen LogP contribution is 2.17. The van der Waals surface area contributed by atoms with E-state index in [1.807, 2.05) is 65.6 Å². The molecule has 0 aliphatic carbocycles. The third-order valence-electron chi connectivity index (χ3n) is 5.08. The number of nitrogens with zero attached hydrogens (tertiary/aromatic N) is 2. The van der Waals surface area contributed by atoms with Crippen molar-refractivity contribution in [1.29, 1.82) is 0 Å². The molecule has 0 unspecified atom stereocenters. The SMILES string of the molecule is O=C(c1ccc2ccccc2c1)N1CCN(CCOc2ccccc2)CC1. The topological polar surface area (TPSA) is 32.8 Å². The zero-order valence-electron chi connectivity index (χ0n) is 15.4. The molecule has 0 N–H and O–H groups in total. The van der Waals surface area contributed by atoms with Gasteiger partial charge in [-0.25, -0.2) is 0 Å². The fourth-order valence-corrected chi connectivity index (χ4v) is 3.49. The van der Waals surface area contributed by atoms with Gasteiger partial charge in [-0.3, -0.25) is 9.69 Å². The molecule has 0 bridgehead atoms. The van der Waals surface area contributed by atoms with E-state index in [-0.39, 0.29) is 5.91 Å². The lowest BCUT2D eigenvalue weighted by molar-refractivity contribution is 0.0620. The number of carbonyl (C=O) groups is 1. The average Bonchev–Trinajstić information content (AvgIpc) is 2.74. The van der Waals surface area contributed by atoms with Crippen molar-refractivity contribution < 1.29 is 9.53 Å². The normalized spacial score (nSPS) is 15.0. The van der Waals surface area contributed by atoms with Crippen molar-refractivity contribution in [2.45, 2.75) is 0 Å². The molecule has 3 aromatic rings. The van der Waals surface area contributed by atoms with Crippen molar-refractivity contribution in [3.63, 3.8) is 0 Å². The van der Waals surface area contributed by atoms with E-state index in [1.54, 1.807) is 0 Å². The van der Waals surface area contributed by atoms with Crippen LogP contribution in [0.4, 0.5) is 0 Å². The van der Waals surface area contributed by atoms with E-state index in [4.69, 9.17) is 4.74 Å². The van der Waals surface area contributed by atoms with Crippen molar-refractivity contribution in [2.75, 3.05) is 39.3 Å². The van der Waals surface area contributed by atoms with Crippen molar-refractivity contribution in [2.24, 2.45) is 0 Å². The second-order valence-corrected chi connectivity index (χ2v) is 6.86. The first-order valence-corrected chi connectivity index (χ1v) is 9.48. The number of amides is 1. The predicted octanol–water partition coefficient (Wildman–Crippen LogP) is 3.68. The van der Waals surface area contributed by atoms with E-state index in [2.05, 4.69) is 17.0 Å². The molecular formula is C23H24N2O2. The van der Waals surface area contributed by atoms with Gasteiger partial charge in [-0.2, -0.15) is 0 Å². The van der Waals surface area contributed by atoms with Gasteiger partial charge in [-0.05, 0) is 35.0 Å². The molecule has 138 valence electrons. The maximum absolute atomic E-state index is 12.8. The molecule has 0 spiro atoms. The van der Waals surface area contributed by atoms with Crippen molar-refractivity contribution in [3.05, 3.63) is 78.4 Å². The van der Waals surface area contributed by atoms with Gasteiger partial charge < -0.3 is 9.64 Å². The van der Waals surface area contributed by atoms with E-state index in [9.17, 15) is 4.79 Å². The predicted molar refractivity (Wildman–Crippen MR) is 108 cm³/mol. The highest BCUT2D eigenvalue weighted by Gasteiger charge is 2.22. The van der Waals surface area contributed by atoms with Crippen molar-refractivity contribution >= 4 is 16.7 Å². The summed E-state index contributed by atoms with van der Waals surface area (Å²) in [5.41, 5.74) is 0.773. The summed E-state index contributed by atoms with van der Waals surface area (Å²) >= 11 is 0. The fraction of sp³-hybridized carbons (Fsp3) is 0.261. The van der Waals surface area contributed by atoms with E-state index in [0.717, 1.165) is 54.8 Å². The molecule has 1 fully saturated rings. The van der Waals surface area contributed by atoms with Crippen molar-refractivity contribution in [3.8, 4) is 5.75 Å². The first kappa shape index (κ1) is 17.6. The van der Waals surface area contributed by atoms with Crippen LogP contribution in [0.5, 0.6) is 5.75 Å². The number of ether oxygens (including phenoxy) is 1. The number of piperazine rings is 1. The molecule has 1 aliphatic rings. The summed E-state index contributed by atoms with van der Waals surface area (Å²) in [6.07, 6.45) is 0. The van der Waals surface area contributed by atoms with Crippen LogP contribution in [0, 0.1) is 0 Å². The molecule has 4 rings (SSSR count). The molecular weight excluding hydrogens is 336 g/mol. The zero-order chi connectivity index (χ0) is 18.5. The second kappa shape index (κ2) is 8.23. The summed E-state index contributed by atoms with van der Waals surface area (Å²) in [6.45, 7) is 4.85. The summed E-state index contributed by atoms with van der Waals surface area (Å²) in [6, 6.07) is 24.0. The summed E-state index contributed by atoms with van der Waals surface area (Å²) < 4.78 is 5.77. The molecule has 4 heteroatoms. The summed E-state index contributed by atoms with van der Waals surface area (Å²) in [7, 11) is 0. The number of rotatable bonds is 5. The maximum Gasteiger partial charge on any atom is 0.253 e.